The Kier molecular flexibility index (Phi) is 7.62. The van der Waals surface area contributed by atoms with Crippen LogP contribution in [0.1, 0.15) is 34.6 Å². The highest BCUT2D eigenvalue weighted by atomic mass is 35.5. The lowest BCUT2D eigenvalue weighted by molar-refractivity contribution is -0.0306. The van der Waals surface area contributed by atoms with Crippen molar-refractivity contribution in [2.24, 2.45) is 4.40 Å². The Morgan fingerprint density at radius 1 is 1.33 bits per heavy atom. The van der Waals surface area contributed by atoms with E-state index in [1.165, 1.54) is 4.90 Å². The molecule has 0 atom stereocenters. The van der Waals surface area contributed by atoms with Gasteiger partial charge in [-0.25, -0.2) is 9.59 Å². The molecule has 1 aliphatic heterocycles. The smallest absolute Gasteiger partial charge is 0.412 e. The van der Waals surface area contributed by atoms with Crippen molar-refractivity contribution in [1.29, 1.82) is 0 Å². The summed E-state index contributed by atoms with van der Waals surface area (Å²) in [5, 5.41) is -0.0766. The molecular formula is C16H25Cl2N5O6S. The fraction of sp³-hybridized carbons (Fsp3) is 0.688. The van der Waals surface area contributed by atoms with Gasteiger partial charge in [0, 0.05) is 13.1 Å². The van der Waals surface area contributed by atoms with E-state index in [4.69, 9.17) is 32.7 Å². The normalized spacial score (nSPS) is 16.1. The van der Waals surface area contributed by atoms with E-state index in [1.54, 1.807) is 34.6 Å². The van der Waals surface area contributed by atoms with Crippen LogP contribution in [0.15, 0.2) is 9.19 Å². The first-order chi connectivity index (χ1) is 13.7. The number of hydrogen-bond acceptors (Lipinski definition) is 6. The molecular weight excluding hydrogens is 461 g/mol. The summed E-state index contributed by atoms with van der Waals surface area (Å²) in [7, 11) is -4.14. The number of amides is 1. The fourth-order valence-electron chi connectivity index (χ4n) is 2.41. The average molecular weight is 486 g/mol. The third-order valence-electron chi connectivity index (χ3n) is 3.81. The van der Waals surface area contributed by atoms with Gasteiger partial charge in [-0.1, -0.05) is 23.2 Å². The average Bonchev–Trinajstić information content (AvgIpc) is 2.88. The van der Waals surface area contributed by atoms with Crippen molar-refractivity contribution in [3.8, 4) is 0 Å². The van der Waals surface area contributed by atoms with Crippen LogP contribution in [0.2, 0.25) is 0 Å². The van der Waals surface area contributed by atoms with Crippen LogP contribution in [0.4, 0.5) is 4.79 Å². The van der Waals surface area contributed by atoms with Crippen LogP contribution in [0.25, 0.3) is 4.49 Å². The summed E-state index contributed by atoms with van der Waals surface area (Å²) in [6, 6.07) is 0. The molecule has 1 amide bonds. The molecule has 1 aliphatic rings. The second kappa shape index (κ2) is 9.27. The Bertz CT molecular complexity index is 1070. The number of H-pyrrole nitrogens is 1. The molecule has 11 nitrogen and oxygen atoms in total. The summed E-state index contributed by atoms with van der Waals surface area (Å²) in [5.74, 6) is 0. The largest absolute Gasteiger partial charge is 0.444 e. The predicted molar refractivity (Wildman–Crippen MR) is 111 cm³/mol. The summed E-state index contributed by atoms with van der Waals surface area (Å²) in [6.07, 6.45) is -0.806. The maximum Gasteiger partial charge on any atom is 0.412 e. The third kappa shape index (κ3) is 6.20. The monoisotopic (exact) mass is 485 g/mol. The number of halogens is 2. The van der Waals surface area contributed by atoms with Crippen LogP contribution in [0.5, 0.6) is 0 Å². The standard InChI is InChI=1S/C16H25Cl2N5O6S/c1-10(2)28-9-21(15(25)29-16(3,4)5)6-7-22-8-23-13(20-30(22,26)27)11(12(17)18)19-14(23)24/h10H,6-9H2,1-5H3,(H,19,24). The quantitative estimate of drug-likeness (QED) is 0.583. The molecule has 0 saturated heterocycles. The van der Waals surface area contributed by atoms with Gasteiger partial charge in [-0.15, -0.1) is 4.40 Å². The Morgan fingerprint density at radius 3 is 2.50 bits per heavy atom. The second-order valence-electron chi connectivity index (χ2n) is 7.79. The maximum atomic E-state index is 12.6. The van der Waals surface area contributed by atoms with E-state index in [-0.39, 0.29) is 47.9 Å². The van der Waals surface area contributed by atoms with Crippen LogP contribution in [0, 0.1) is 0 Å². The van der Waals surface area contributed by atoms with Crippen LogP contribution in [-0.4, -0.2) is 64.8 Å². The molecule has 0 bridgehead atoms. The molecule has 14 heteroatoms. The minimum atomic E-state index is -4.14. The van der Waals surface area contributed by atoms with Crippen molar-refractivity contribution in [3.05, 3.63) is 21.3 Å². The van der Waals surface area contributed by atoms with Gasteiger partial charge in [0.05, 0.1) is 12.8 Å². The van der Waals surface area contributed by atoms with Gasteiger partial charge >= 0.3 is 22.0 Å². The van der Waals surface area contributed by atoms with Gasteiger partial charge in [0.1, 0.15) is 22.2 Å². The number of aromatic nitrogens is 2. The van der Waals surface area contributed by atoms with Crippen molar-refractivity contribution in [2.45, 2.75) is 53.0 Å². The molecule has 30 heavy (non-hydrogen) atoms. The number of ether oxygens (including phenoxy) is 2. The summed E-state index contributed by atoms with van der Waals surface area (Å²) < 4.78 is 41.3. The highest BCUT2D eigenvalue weighted by molar-refractivity contribution is 7.87. The maximum absolute atomic E-state index is 12.6. The van der Waals surface area contributed by atoms with Gasteiger partial charge < -0.3 is 14.5 Å². The Hall–Kier alpha value is -1.60. The molecule has 1 N–H and O–H groups in total. The number of nitrogens with one attached hydrogen (secondary N) is 1. The van der Waals surface area contributed by atoms with Gasteiger partial charge in [0.15, 0.2) is 5.49 Å². The van der Waals surface area contributed by atoms with E-state index in [9.17, 15) is 18.0 Å². The van der Waals surface area contributed by atoms with Crippen LogP contribution >= 0.6 is 23.2 Å². The highest BCUT2D eigenvalue weighted by Crippen LogP contribution is 2.12. The Labute approximate surface area is 184 Å². The fourth-order valence-corrected chi connectivity index (χ4v) is 3.77. The molecule has 1 aromatic heterocycles. The number of carbonyl (C=O) groups is 1. The topological polar surface area (TPSA) is 126 Å². The molecule has 2 rings (SSSR count). The molecule has 0 spiro atoms. The number of hydrogen-bond donors (Lipinski definition) is 1. The highest BCUT2D eigenvalue weighted by Gasteiger charge is 2.30. The number of nitrogens with zero attached hydrogens (tertiary/aromatic N) is 4. The molecule has 2 heterocycles. The van der Waals surface area contributed by atoms with E-state index < -0.39 is 27.6 Å². The Balaban J connectivity index is 2.25. The molecule has 0 unspecified atom stereocenters. The summed E-state index contributed by atoms with van der Waals surface area (Å²) >= 11 is 11.4. The Morgan fingerprint density at radius 2 is 1.97 bits per heavy atom. The predicted octanol–water partition coefficient (Wildman–Crippen LogP) is 0.477. The summed E-state index contributed by atoms with van der Waals surface area (Å²) in [4.78, 5) is 28.2. The van der Waals surface area contributed by atoms with Gasteiger partial charge in [-0.2, -0.15) is 12.7 Å². The van der Waals surface area contributed by atoms with E-state index in [1.807, 2.05) is 0 Å². The minimum Gasteiger partial charge on any atom is -0.444 e. The van der Waals surface area contributed by atoms with E-state index in [0.29, 0.717) is 0 Å². The van der Waals surface area contributed by atoms with Gasteiger partial charge in [0.2, 0.25) is 0 Å². The van der Waals surface area contributed by atoms with Crippen molar-refractivity contribution < 1.29 is 22.7 Å². The molecule has 0 aromatic carbocycles. The summed E-state index contributed by atoms with van der Waals surface area (Å²) in [6.45, 7) is 8.18. The lowest BCUT2D eigenvalue weighted by Gasteiger charge is -2.30. The van der Waals surface area contributed by atoms with Crippen LogP contribution < -0.4 is 16.5 Å². The van der Waals surface area contributed by atoms with Gasteiger partial charge in [-0.05, 0) is 34.6 Å². The SMILES string of the molecule is CC(C)OCN(CCN1Cn2c(=O)[nH]c(=C(Cl)Cl)c2=NS1(=O)=O)C(=O)OC(C)(C)C. The molecule has 0 saturated carbocycles. The molecule has 0 radical (unpaired) electrons. The minimum absolute atomic E-state index is 0.0415. The van der Waals surface area contributed by atoms with E-state index in [0.717, 1.165) is 8.87 Å². The third-order valence-corrected chi connectivity index (χ3v) is 5.54. The zero-order valence-corrected chi connectivity index (χ0v) is 19.6. The summed E-state index contributed by atoms with van der Waals surface area (Å²) in [5.41, 5.74) is -1.53. The van der Waals surface area contributed by atoms with Crippen LogP contribution in [-0.2, 0) is 26.4 Å². The molecule has 0 aliphatic carbocycles. The van der Waals surface area contributed by atoms with Crippen molar-refractivity contribution in [1.82, 2.24) is 18.8 Å². The zero-order chi connectivity index (χ0) is 22.9. The van der Waals surface area contributed by atoms with Gasteiger partial charge in [-0.3, -0.25) is 9.47 Å². The molecule has 0 fully saturated rings. The van der Waals surface area contributed by atoms with E-state index >= 15 is 0 Å². The zero-order valence-electron chi connectivity index (χ0n) is 17.3. The number of rotatable bonds is 6. The number of carbonyl (C=O) groups excluding carboxylic acids is 1. The van der Waals surface area contributed by atoms with Crippen molar-refractivity contribution >= 4 is 44.0 Å². The molecule has 170 valence electrons. The van der Waals surface area contributed by atoms with Crippen LogP contribution in [0.3, 0.4) is 0 Å². The first-order valence-electron chi connectivity index (χ1n) is 9.05. The van der Waals surface area contributed by atoms with Crippen molar-refractivity contribution in [2.75, 3.05) is 19.8 Å². The van der Waals surface area contributed by atoms with Gasteiger partial charge in [0.25, 0.3) is 0 Å². The number of aromatic amines is 1. The number of fused-ring (bicyclic) bond motifs is 1. The second-order valence-corrected chi connectivity index (χ2v) is 10.3. The lowest BCUT2D eigenvalue weighted by Crippen LogP contribution is -2.50. The number of imidazole rings is 1. The lowest BCUT2D eigenvalue weighted by atomic mass is 10.2. The first kappa shape index (κ1) is 24.7. The van der Waals surface area contributed by atoms with E-state index in [2.05, 4.69) is 9.38 Å². The molecule has 1 aromatic rings. The first-order valence-corrected chi connectivity index (χ1v) is 11.2. The van der Waals surface area contributed by atoms with Crippen molar-refractivity contribution in [3.63, 3.8) is 0 Å².